The zero-order valence-electron chi connectivity index (χ0n) is 12.7. The maximum atomic E-state index is 12.8. The minimum absolute atomic E-state index is 0. The van der Waals surface area contributed by atoms with Crippen LogP contribution >= 0.6 is 14.2 Å². The Balaban J connectivity index is 0.00000208. The molecule has 0 heterocycles. The molecule has 0 atom stereocenters. The van der Waals surface area contributed by atoms with Gasteiger partial charge in [0.2, 0.25) is 6.95 Å². The van der Waals surface area contributed by atoms with Gasteiger partial charge in [0.15, 0.2) is 0 Å². The van der Waals surface area contributed by atoms with Crippen LogP contribution in [0.15, 0.2) is 91.0 Å². The summed E-state index contributed by atoms with van der Waals surface area (Å²) in [5.41, 5.74) is 0. The summed E-state index contributed by atoms with van der Waals surface area (Å²) in [6.45, 7) is -3.07. The predicted molar refractivity (Wildman–Crippen MR) is 97.2 cm³/mol. The molecule has 0 unspecified atom stereocenters. The number of benzene rings is 3. The minimum Gasteiger partial charge on any atom is -1.00 e. The summed E-state index contributed by atoms with van der Waals surface area (Å²) in [5, 5.41) is 2.06. The zero-order chi connectivity index (χ0) is 16.3. The van der Waals surface area contributed by atoms with Crippen LogP contribution in [0.5, 0.6) is 0 Å². The first-order valence-electron chi connectivity index (χ1n) is 7.19. The highest BCUT2D eigenvalue weighted by Gasteiger charge is 2.61. The summed E-state index contributed by atoms with van der Waals surface area (Å²) in [7, 11) is -4.46. The first kappa shape index (κ1) is 19.1. The quantitative estimate of drug-likeness (QED) is 0.585. The second-order valence-corrected chi connectivity index (χ2v) is 12.4. The molecule has 124 valence electrons. The van der Waals surface area contributed by atoms with Crippen LogP contribution in [0, 0.1) is 0 Å². The fourth-order valence-electron chi connectivity index (χ4n) is 2.83. The zero-order valence-corrected chi connectivity index (χ0v) is 16.1. The second kappa shape index (κ2) is 7.74. The van der Waals surface area contributed by atoms with Crippen molar-refractivity contribution in [1.82, 2.24) is 0 Å². The van der Waals surface area contributed by atoms with Gasteiger partial charge in [0.05, 0.1) is 0 Å². The molecule has 0 radical (unpaired) electrons. The smallest absolute Gasteiger partial charge is 0.480 e. The average molecular weight is 423 g/mol. The van der Waals surface area contributed by atoms with Crippen molar-refractivity contribution in [2.45, 2.75) is 0 Å². The molecular formula is C18H17BrO3P2. The summed E-state index contributed by atoms with van der Waals surface area (Å²) in [6.07, 6.45) is 0. The molecule has 0 spiro atoms. The largest absolute Gasteiger partial charge is 1.00 e. The Bertz CT molecular complexity index is 724. The van der Waals surface area contributed by atoms with Gasteiger partial charge in [0, 0.05) is 0 Å². The number of halogens is 1. The molecule has 2 N–H and O–H groups in total. The van der Waals surface area contributed by atoms with Gasteiger partial charge < -0.3 is 17.0 Å². The maximum Gasteiger partial charge on any atom is 0.480 e. The fraction of sp³-hybridized carbons (Fsp3) is 0. The van der Waals surface area contributed by atoms with Crippen molar-refractivity contribution in [3.8, 4) is 0 Å². The molecule has 0 fully saturated rings. The molecule has 0 amide bonds. The Kier molecular flexibility index (Phi) is 6.14. The molecule has 0 saturated heterocycles. The molecule has 24 heavy (non-hydrogen) atoms. The first-order valence-corrected chi connectivity index (χ1v) is 11.3. The van der Waals surface area contributed by atoms with E-state index in [1.54, 1.807) is 0 Å². The topological polar surface area (TPSA) is 57.5 Å². The SMILES string of the molecule is O=P(O)(O)[P+](c1ccccc1)(c1ccccc1)c1ccccc1.[Br-]. The third-order valence-electron chi connectivity index (χ3n) is 3.78. The Morgan fingerprint density at radius 3 is 1.04 bits per heavy atom. The van der Waals surface area contributed by atoms with Gasteiger partial charge in [0.1, 0.15) is 15.9 Å². The van der Waals surface area contributed by atoms with Gasteiger partial charge >= 0.3 is 7.28 Å². The first-order chi connectivity index (χ1) is 11.1. The van der Waals surface area contributed by atoms with Crippen molar-refractivity contribution in [2.24, 2.45) is 0 Å². The molecule has 0 bridgehead atoms. The normalized spacial score (nSPS) is 11.6. The lowest BCUT2D eigenvalue weighted by molar-refractivity contribution is -0.00000919. The van der Waals surface area contributed by atoms with Crippen LogP contribution in [0.3, 0.4) is 0 Å². The lowest BCUT2D eigenvalue weighted by Gasteiger charge is -2.26. The Hall–Kier alpha value is -1.28. The van der Waals surface area contributed by atoms with E-state index in [4.69, 9.17) is 0 Å². The second-order valence-electron chi connectivity index (χ2n) is 5.16. The highest BCUT2D eigenvalue weighted by atomic mass is 79.9. The van der Waals surface area contributed by atoms with Crippen LogP contribution in [-0.4, -0.2) is 9.79 Å². The van der Waals surface area contributed by atoms with Crippen LogP contribution in [-0.2, 0) is 4.57 Å². The van der Waals surface area contributed by atoms with E-state index >= 15 is 0 Å². The highest BCUT2D eigenvalue weighted by Crippen LogP contribution is 2.82. The van der Waals surface area contributed by atoms with Gasteiger partial charge in [-0.2, -0.15) is 0 Å². The summed E-state index contributed by atoms with van der Waals surface area (Å²) >= 11 is 0. The van der Waals surface area contributed by atoms with E-state index < -0.39 is 14.2 Å². The van der Waals surface area contributed by atoms with Gasteiger partial charge in [-0.1, -0.05) is 54.6 Å². The Morgan fingerprint density at radius 2 is 0.833 bits per heavy atom. The van der Waals surface area contributed by atoms with Crippen LogP contribution in [0.1, 0.15) is 0 Å². The molecular weight excluding hydrogens is 406 g/mol. The molecule has 0 aliphatic carbocycles. The van der Waals surface area contributed by atoms with Crippen molar-refractivity contribution in [1.29, 1.82) is 0 Å². The van der Waals surface area contributed by atoms with Crippen LogP contribution in [0.25, 0.3) is 0 Å². The van der Waals surface area contributed by atoms with Gasteiger partial charge in [-0.3, -0.25) is 9.79 Å². The van der Waals surface area contributed by atoms with E-state index in [1.165, 1.54) is 0 Å². The van der Waals surface area contributed by atoms with Crippen molar-refractivity contribution in [3.63, 3.8) is 0 Å². The molecule has 3 aromatic carbocycles. The number of hydrogen-bond acceptors (Lipinski definition) is 1. The van der Waals surface area contributed by atoms with Crippen LogP contribution < -0.4 is 32.9 Å². The van der Waals surface area contributed by atoms with E-state index in [0.29, 0.717) is 15.9 Å². The molecule has 6 heteroatoms. The minimum atomic E-state index is -4.46. The Labute approximate surface area is 152 Å². The monoisotopic (exact) mass is 422 g/mol. The number of rotatable bonds is 4. The molecule has 0 aliphatic rings. The summed E-state index contributed by atoms with van der Waals surface area (Å²) in [5.74, 6) is 0. The summed E-state index contributed by atoms with van der Waals surface area (Å²) in [6, 6.07) is 27.4. The van der Waals surface area contributed by atoms with Crippen LogP contribution in [0.2, 0.25) is 0 Å². The molecule has 0 saturated carbocycles. The van der Waals surface area contributed by atoms with Gasteiger partial charge in [-0.05, 0) is 36.4 Å². The third-order valence-corrected chi connectivity index (χ3v) is 12.1. The summed E-state index contributed by atoms with van der Waals surface area (Å²) < 4.78 is 12.8. The highest BCUT2D eigenvalue weighted by molar-refractivity contribution is 8.47. The average Bonchev–Trinajstić information content (AvgIpc) is 2.57. The van der Waals surface area contributed by atoms with Gasteiger partial charge in [-0.15, -0.1) is 0 Å². The third kappa shape index (κ3) is 3.26. The summed E-state index contributed by atoms with van der Waals surface area (Å²) in [4.78, 5) is 20.9. The van der Waals surface area contributed by atoms with Crippen molar-refractivity contribution in [3.05, 3.63) is 91.0 Å². The van der Waals surface area contributed by atoms with E-state index in [0.717, 1.165) is 0 Å². The lowest BCUT2D eigenvalue weighted by Crippen LogP contribution is -3.00. The number of hydrogen-bond donors (Lipinski definition) is 2. The Morgan fingerprint density at radius 1 is 0.583 bits per heavy atom. The lowest BCUT2D eigenvalue weighted by atomic mass is 10.4. The molecule has 0 aliphatic heterocycles. The standard InChI is InChI=1S/C18H16O3P2.BrH/c19-23(20,21)22(16-10-4-1-5-11-16,17-12-6-2-7-13-17)18-14-8-3-9-15-18;/h1-15H,(H-,19,20,21);1H. The maximum absolute atomic E-state index is 12.8. The van der Waals surface area contributed by atoms with Crippen molar-refractivity contribution >= 4 is 30.1 Å². The van der Waals surface area contributed by atoms with Crippen molar-refractivity contribution < 1.29 is 31.3 Å². The van der Waals surface area contributed by atoms with E-state index in [1.807, 2.05) is 91.0 Å². The molecule has 0 aromatic heterocycles. The van der Waals surface area contributed by atoms with E-state index in [2.05, 4.69) is 0 Å². The van der Waals surface area contributed by atoms with Gasteiger partial charge in [0.25, 0.3) is 0 Å². The predicted octanol–water partition coefficient (Wildman–Crippen LogP) is 0.0772. The van der Waals surface area contributed by atoms with Gasteiger partial charge in [-0.25, -0.2) is 4.57 Å². The van der Waals surface area contributed by atoms with E-state index in [-0.39, 0.29) is 17.0 Å². The molecule has 3 rings (SSSR count). The fourth-order valence-corrected chi connectivity index (χ4v) is 10.3. The molecule has 3 nitrogen and oxygen atoms in total. The van der Waals surface area contributed by atoms with Crippen molar-refractivity contribution in [2.75, 3.05) is 0 Å². The van der Waals surface area contributed by atoms with Crippen LogP contribution in [0.4, 0.5) is 0 Å². The van der Waals surface area contributed by atoms with E-state index in [9.17, 15) is 14.4 Å². The molecule has 3 aromatic rings.